The summed E-state index contributed by atoms with van der Waals surface area (Å²) in [7, 11) is 1.54. The second-order valence-electron chi connectivity index (χ2n) is 7.30. The molecule has 2 amide bonds. The summed E-state index contributed by atoms with van der Waals surface area (Å²) in [6.07, 6.45) is 2.33. The molecule has 11 nitrogen and oxygen atoms in total. The van der Waals surface area contributed by atoms with Crippen molar-refractivity contribution < 1.29 is 18.8 Å². The van der Waals surface area contributed by atoms with Crippen molar-refractivity contribution in [3.05, 3.63) is 41.8 Å². The van der Waals surface area contributed by atoms with Crippen LogP contribution in [0.2, 0.25) is 0 Å². The molecule has 0 radical (unpaired) electrons. The first-order valence-corrected chi connectivity index (χ1v) is 11.1. The Morgan fingerprint density at radius 2 is 2.12 bits per heavy atom. The summed E-state index contributed by atoms with van der Waals surface area (Å²) in [5.41, 5.74) is 5.87. The van der Waals surface area contributed by atoms with E-state index in [0.29, 0.717) is 40.7 Å². The third kappa shape index (κ3) is 5.44. The molecule has 32 heavy (non-hydrogen) atoms. The Bertz CT molecular complexity index is 1110. The number of hydrogen-bond acceptors (Lipinski definition) is 9. The number of primary amides is 1. The minimum absolute atomic E-state index is 0.0349. The summed E-state index contributed by atoms with van der Waals surface area (Å²) in [5, 5.41) is 15.9. The van der Waals surface area contributed by atoms with Crippen molar-refractivity contribution in [1.29, 1.82) is 0 Å². The fraction of sp³-hybridized carbons (Fsp3) is 0.400. The summed E-state index contributed by atoms with van der Waals surface area (Å²) >= 11 is 1.38. The molecule has 1 aliphatic carbocycles. The Morgan fingerprint density at radius 3 is 2.88 bits per heavy atom. The van der Waals surface area contributed by atoms with Gasteiger partial charge in [-0.05, 0) is 25.0 Å². The molecule has 3 N–H and O–H groups in total. The van der Waals surface area contributed by atoms with Crippen molar-refractivity contribution >= 4 is 29.3 Å². The van der Waals surface area contributed by atoms with E-state index in [4.69, 9.17) is 15.0 Å². The van der Waals surface area contributed by atoms with Gasteiger partial charge < -0.3 is 24.9 Å². The highest BCUT2D eigenvalue weighted by atomic mass is 32.2. The normalized spacial score (nSPS) is 13.2. The number of thioether (sulfide) groups is 1. The number of methoxy groups -OCH3 is 1. The first-order valence-electron chi connectivity index (χ1n) is 10.1. The Labute approximate surface area is 188 Å². The van der Waals surface area contributed by atoms with Crippen LogP contribution in [0.1, 0.15) is 42.7 Å². The van der Waals surface area contributed by atoms with Crippen molar-refractivity contribution in [2.75, 3.05) is 12.4 Å². The van der Waals surface area contributed by atoms with Crippen molar-refractivity contribution in [3.63, 3.8) is 0 Å². The fourth-order valence-electron chi connectivity index (χ4n) is 3.12. The Balaban J connectivity index is 1.35. The lowest BCUT2D eigenvalue weighted by molar-refractivity contribution is -0.118. The number of para-hydroxylation sites is 2. The second kappa shape index (κ2) is 9.81. The van der Waals surface area contributed by atoms with Gasteiger partial charge in [-0.25, -0.2) is 0 Å². The average molecular weight is 458 g/mol. The van der Waals surface area contributed by atoms with E-state index in [1.807, 2.05) is 10.6 Å². The lowest BCUT2D eigenvalue weighted by atomic mass is 10.2. The third-order valence-electron chi connectivity index (χ3n) is 4.80. The van der Waals surface area contributed by atoms with Crippen LogP contribution in [0.5, 0.6) is 5.75 Å². The molecule has 1 aliphatic rings. The van der Waals surface area contributed by atoms with E-state index in [1.165, 1.54) is 18.9 Å². The molecule has 168 valence electrons. The number of ether oxygens (including phenoxy) is 1. The topological polar surface area (TPSA) is 151 Å². The van der Waals surface area contributed by atoms with Gasteiger partial charge in [-0.2, -0.15) is 4.98 Å². The zero-order valence-corrected chi connectivity index (χ0v) is 18.3. The Hall–Kier alpha value is -3.41. The highest BCUT2D eigenvalue weighted by Crippen LogP contribution is 2.40. The van der Waals surface area contributed by atoms with Gasteiger partial charge in [-0.3, -0.25) is 9.59 Å². The summed E-state index contributed by atoms with van der Waals surface area (Å²) in [5.74, 6) is 2.19. The fourth-order valence-corrected chi connectivity index (χ4v) is 3.92. The van der Waals surface area contributed by atoms with Crippen molar-refractivity contribution in [3.8, 4) is 5.75 Å². The SMILES string of the molecule is COc1ccccc1NC(=O)Cc1noc(CSc2nnc(C3CC3)n2CCC(N)=O)n1. The summed E-state index contributed by atoms with van der Waals surface area (Å²) in [6, 6.07) is 7.13. The number of hydrogen-bond donors (Lipinski definition) is 2. The van der Waals surface area contributed by atoms with E-state index >= 15 is 0 Å². The van der Waals surface area contributed by atoms with Crippen molar-refractivity contribution in [2.45, 2.75) is 49.1 Å². The number of amides is 2. The molecule has 0 spiro atoms. The van der Waals surface area contributed by atoms with Gasteiger partial charge in [-0.1, -0.05) is 29.1 Å². The predicted molar refractivity (Wildman–Crippen MR) is 115 cm³/mol. The summed E-state index contributed by atoms with van der Waals surface area (Å²) in [4.78, 5) is 27.8. The van der Waals surface area contributed by atoms with Gasteiger partial charge in [0.15, 0.2) is 11.0 Å². The van der Waals surface area contributed by atoms with Gasteiger partial charge in [0, 0.05) is 18.9 Å². The molecule has 12 heteroatoms. The molecule has 0 unspecified atom stereocenters. The maximum absolute atomic E-state index is 12.3. The quantitative estimate of drug-likeness (QED) is 0.411. The number of anilines is 1. The number of aromatic nitrogens is 5. The number of nitrogens with one attached hydrogen (secondary N) is 1. The maximum Gasteiger partial charge on any atom is 0.237 e. The molecule has 4 rings (SSSR count). The molecule has 1 aromatic carbocycles. The Kier molecular flexibility index (Phi) is 6.69. The number of benzene rings is 1. The van der Waals surface area contributed by atoms with Crippen LogP contribution in [0.3, 0.4) is 0 Å². The van der Waals surface area contributed by atoms with Gasteiger partial charge in [0.1, 0.15) is 11.6 Å². The lowest BCUT2D eigenvalue weighted by Gasteiger charge is -2.08. The van der Waals surface area contributed by atoms with E-state index in [0.717, 1.165) is 18.7 Å². The largest absolute Gasteiger partial charge is 0.495 e. The zero-order chi connectivity index (χ0) is 22.5. The number of nitrogens with two attached hydrogens (primary N) is 1. The van der Waals surface area contributed by atoms with Crippen LogP contribution < -0.4 is 15.8 Å². The molecule has 2 heterocycles. The second-order valence-corrected chi connectivity index (χ2v) is 8.24. The number of carbonyl (C=O) groups excluding carboxylic acids is 2. The van der Waals surface area contributed by atoms with E-state index in [1.54, 1.807) is 18.2 Å². The predicted octanol–water partition coefficient (Wildman–Crippen LogP) is 1.90. The Morgan fingerprint density at radius 1 is 1.31 bits per heavy atom. The highest BCUT2D eigenvalue weighted by Gasteiger charge is 2.30. The van der Waals surface area contributed by atoms with Gasteiger partial charge in [0.2, 0.25) is 17.7 Å². The van der Waals surface area contributed by atoms with Gasteiger partial charge in [0.25, 0.3) is 0 Å². The van der Waals surface area contributed by atoms with Crippen LogP contribution in [0.25, 0.3) is 0 Å². The molecule has 0 saturated heterocycles. The van der Waals surface area contributed by atoms with Crippen molar-refractivity contribution in [2.24, 2.45) is 5.73 Å². The van der Waals surface area contributed by atoms with Crippen LogP contribution >= 0.6 is 11.8 Å². The first kappa shape index (κ1) is 21.8. The molecule has 0 atom stereocenters. The van der Waals surface area contributed by atoms with E-state index < -0.39 is 0 Å². The molecule has 1 saturated carbocycles. The van der Waals surface area contributed by atoms with E-state index in [9.17, 15) is 9.59 Å². The molecule has 0 bridgehead atoms. The molecular formula is C20H23N7O4S. The number of nitrogens with zero attached hydrogens (tertiary/aromatic N) is 5. The third-order valence-corrected chi connectivity index (χ3v) is 5.76. The zero-order valence-electron chi connectivity index (χ0n) is 17.5. The average Bonchev–Trinajstić information content (AvgIpc) is 3.39. The molecular weight excluding hydrogens is 434 g/mol. The standard InChI is InChI=1S/C20H23N7O4S/c1-30-14-5-3-2-4-13(14)22-17(29)10-16-23-18(31-26-16)11-32-20-25-24-19(12-6-7-12)27(20)9-8-15(21)28/h2-5,12H,6-11H2,1H3,(H2,21,28)(H,22,29). The van der Waals surface area contributed by atoms with Gasteiger partial charge in [-0.15, -0.1) is 10.2 Å². The molecule has 1 fully saturated rings. The summed E-state index contributed by atoms with van der Waals surface area (Å²) < 4.78 is 12.4. The van der Waals surface area contributed by atoms with Crippen LogP contribution in [0, 0.1) is 0 Å². The minimum Gasteiger partial charge on any atom is -0.495 e. The molecule has 3 aromatic rings. The van der Waals surface area contributed by atoms with E-state index in [-0.39, 0.29) is 30.5 Å². The van der Waals surface area contributed by atoms with Crippen LogP contribution in [0.15, 0.2) is 33.9 Å². The maximum atomic E-state index is 12.3. The van der Waals surface area contributed by atoms with Crippen molar-refractivity contribution in [1.82, 2.24) is 24.9 Å². The smallest absolute Gasteiger partial charge is 0.237 e. The molecule has 0 aliphatic heterocycles. The molecule has 2 aromatic heterocycles. The lowest BCUT2D eigenvalue weighted by Crippen LogP contribution is -2.16. The van der Waals surface area contributed by atoms with Gasteiger partial charge in [0.05, 0.1) is 25.0 Å². The highest BCUT2D eigenvalue weighted by molar-refractivity contribution is 7.98. The van der Waals surface area contributed by atoms with Crippen LogP contribution in [-0.4, -0.2) is 43.8 Å². The number of carbonyl (C=O) groups is 2. The monoisotopic (exact) mass is 457 g/mol. The summed E-state index contributed by atoms with van der Waals surface area (Å²) in [6.45, 7) is 0.439. The van der Waals surface area contributed by atoms with E-state index in [2.05, 4.69) is 25.7 Å². The first-order chi connectivity index (χ1) is 15.5. The van der Waals surface area contributed by atoms with Crippen LogP contribution in [-0.2, 0) is 28.3 Å². The van der Waals surface area contributed by atoms with Crippen LogP contribution in [0.4, 0.5) is 5.69 Å². The number of rotatable bonds is 11. The van der Waals surface area contributed by atoms with Gasteiger partial charge >= 0.3 is 0 Å². The minimum atomic E-state index is -0.371.